The van der Waals surface area contributed by atoms with Gasteiger partial charge >= 0.3 is 0 Å². The molecule has 0 amide bonds. The first kappa shape index (κ1) is 12.3. The van der Waals surface area contributed by atoms with Crippen molar-refractivity contribution >= 4 is 5.69 Å². The third-order valence-corrected chi connectivity index (χ3v) is 3.39. The molecule has 0 bridgehead atoms. The van der Waals surface area contributed by atoms with Crippen molar-refractivity contribution in [3.8, 4) is 0 Å². The third-order valence-electron chi connectivity index (χ3n) is 3.39. The number of ether oxygens (including phenoxy) is 1. The number of anilines is 1. The molecule has 1 fully saturated rings. The Kier molecular flexibility index (Phi) is 3.97. The summed E-state index contributed by atoms with van der Waals surface area (Å²) in [5, 5.41) is 9.37. The molecule has 0 unspecified atom stereocenters. The highest BCUT2D eigenvalue weighted by molar-refractivity contribution is 5.53. The highest BCUT2D eigenvalue weighted by Crippen LogP contribution is 2.25. The molecule has 94 valence electrons. The summed E-state index contributed by atoms with van der Waals surface area (Å²) in [6.07, 6.45) is 3.85. The van der Waals surface area contributed by atoms with Crippen molar-refractivity contribution in [1.82, 2.24) is 4.98 Å². The number of rotatable bonds is 3. The van der Waals surface area contributed by atoms with Crippen molar-refractivity contribution in [2.75, 3.05) is 25.2 Å². The first-order valence-electron chi connectivity index (χ1n) is 6.09. The van der Waals surface area contributed by atoms with Crippen molar-refractivity contribution in [2.24, 2.45) is 0 Å². The maximum absolute atomic E-state index is 9.37. The van der Waals surface area contributed by atoms with E-state index in [4.69, 9.17) is 4.74 Å². The lowest BCUT2D eigenvalue weighted by molar-refractivity contribution is 0.0854. The van der Waals surface area contributed by atoms with Gasteiger partial charge in [0.25, 0.3) is 0 Å². The normalized spacial score (nSPS) is 17.1. The van der Waals surface area contributed by atoms with E-state index in [2.05, 4.69) is 16.9 Å². The lowest BCUT2D eigenvalue weighted by atomic mass is 10.1. The lowest BCUT2D eigenvalue weighted by Crippen LogP contribution is -2.37. The molecule has 2 heterocycles. The zero-order chi connectivity index (χ0) is 12.3. The number of nitrogens with zero attached hydrogens (tertiary/aromatic N) is 2. The summed E-state index contributed by atoms with van der Waals surface area (Å²) in [6.45, 7) is 3.67. The number of hydrogen-bond donors (Lipinski definition) is 1. The maximum Gasteiger partial charge on any atom is 0.0717 e. The van der Waals surface area contributed by atoms with Gasteiger partial charge in [0.05, 0.1) is 6.61 Å². The van der Waals surface area contributed by atoms with Gasteiger partial charge in [-0.3, -0.25) is 4.98 Å². The smallest absolute Gasteiger partial charge is 0.0717 e. The summed E-state index contributed by atoms with van der Waals surface area (Å²) in [5.41, 5.74) is 2.97. The molecular formula is C13H20N2O2. The number of aromatic nitrogens is 1. The maximum atomic E-state index is 9.37. The number of aryl methyl sites for hydroxylation is 1. The van der Waals surface area contributed by atoms with E-state index in [1.807, 2.05) is 13.0 Å². The van der Waals surface area contributed by atoms with Crippen LogP contribution in [0.15, 0.2) is 12.3 Å². The van der Waals surface area contributed by atoms with E-state index < -0.39 is 0 Å². The van der Waals surface area contributed by atoms with Gasteiger partial charge < -0.3 is 14.7 Å². The summed E-state index contributed by atoms with van der Waals surface area (Å²) in [4.78, 5) is 6.48. The third kappa shape index (κ3) is 2.76. The van der Waals surface area contributed by atoms with Crippen molar-refractivity contribution in [2.45, 2.75) is 32.4 Å². The minimum absolute atomic E-state index is 0.0379. The predicted octanol–water partition coefficient (Wildman–Crippen LogP) is 1.50. The van der Waals surface area contributed by atoms with Crippen LogP contribution in [0.4, 0.5) is 5.69 Å². The summed E-state index contributed by atoms with van der Waals surface area (Å²) in [6, 6.07) is 2.54. The molecule has 17 heavy (non-hydrogen) atoms. The van der Waals surface area contributed by atoms with Crippen molar-refractivity contribution in [3.63, 3.8) is 0 Å². The molecule has 4 nitrogen and oxygen atoms in total. The second kappa shape index (κ2) is 5.47. The van der Waals surface area contributed by atoms with Crippen LogP contribution in [0, 0.1) is 6.92 Å². The minimum atomic E-state index is 0.0379. The van der Waals surface area contributed by atoms with E-state index in [9.17, 15) is 5.11 Å². The molecule has 0 saturated carbocycles. The van der Waals surface area contributed by atoms with E-state index in [0.717, 1.165) is 43.0 Å². The van der Waals surface area contributed by atoms with Crippen LogP contribution in [0.2, 0.25) is 0 Å². The highest BCUT2D eigenvalue weighted by Gasteiger charge is 2.20. The average Bonchev–Trinajstić information content (AvgIpc) is 2.39. The van der Waals surface area contributed by atoms with E-state index in [-0.39, 0.29) is 6.61 Å². The summed E-state index contributed by atoms with van der Waals surface area (Å²) in [7, 11) is 2.09. The Morgan fingerprint density at radius 2 is 2.18 bits per heavy atom. The van der Waals surface area contributed by atoms with Gasteiger partial charge in [-0.15, -0.1) is 0 Å². The second-order valence-electron chi connectivity index (χ2n) is 4.57. The van der Waals surface area contributed by atoms with Crippen LogP contribution < -0.4 is 4.90 Å². The molecule has 0 atom stereocenters. The van der Waals surface area contributed by atoms with Crippen LogP contribution in [-0.2, 0) is 11.3 Å². The Bertz CT molecular complexity index is 376. The fourth-order valence-electron chi connectivity index (χ4n) is 2.29. The van der Waals surface area contributed by atoms with Crippen LogP contribution in [0.3, 0.4) is 0 Å². The van der Waals surface area contributed by atoms with Crippen molar-refractivity contribution < 1.29 is 9.84 Å². The monoisotopic (exact) mass is 236 g/mol. The number of aliphatic hydroxyl groups is 1. The van der Waals surface area contributed by atoms with E-state index in [0.29, 0.717) is 6.04 Å². The van der Waals surface area contributed by atoms with Gasteiger partial charge in [0.15, 0.2) is 0 Å². The molecule has 0 radical (unpaired) electrons. The standard InChI is InChI=1S/C13H20N2O2/c1-10-7-13(11(9-16)8-14-10)15(2)12-3-5-17-6-4-12/h7-8,12,16H,3-6,9H2,1-2H3. The Labute approximate surface area is 102 Å². The van der Waals surface area contributed by atoms with Crippen LogP contribution in [-0.4, -0.2) is 36.4 Å². The zero-order valence-corrected chi connectivity index (χ0v) is 10.5. The van der Waals surface area contributed by atoms with Crippen LogP contribution in [0.25, 0.3) is 0 Å². The predicted molar refractivity (Wildman–Crippen MR) is 67.1 cm³/mol. The van der Waals surface area contributed by atoms with Gasteiger partial charge in [-0.25, -0.2) is 0 Å². The highest BCUT2D eigenvalue weighted by atomic mass is 16.5. The fraction of sp³-hybridized carbons (Fsp3) is 0.615. The van der Waals surface area contributed by atoms with Crippen molar-refractivity contribution in [3.05, 3.63) is 23.5 Å². The molecule has 1 aromatic rings. The molecule has 1 aromatic heterocycles. The number of pyridine rings is 1. The van der Waals surface area contributed by atoms with Gasteiger partial charge in [-0.05, 0) is 25.8 Å². The summed E-state index contributed by atoms with van der Waals surface area (Å²) < 4.78 is 5.38. The zero-order valence-electron chi connectivity index (χ0n) is 10.5. The molecule has 2 rings (SSSR count). The van der Waals surface area contributed by atoms with Gasteiger partial charge in [0.2, 0.25) is 0 Å². The Balaban J connectivity index is 2.21. The molecule has 0 aliphatic carbocycles. The van der Waals surface area contributed by atoms with Crippen LogP contribution in [0.5, 0.6) is 0 Å². The lowest BCUT2D eigenvalue weighted by Gasteiger charge is -2.34. The Morgan fingerprint density at radius 3 is 2.82 bits per heavy atom. The second-order valence-corrected chi connectivity index (χ2v) is 4.57. The molecule has 1 N–H and O–H groups in total. The molecule has 1 aliphatic heterocycles. The fourth-order valence-corrected chi connectivity index (χ4v) is 2.29. The molecule has 0 spiro atoms. The topological polar surface area (TPSA) is 45.6 Å². The van der Waals surface area contributed by atoms with E-state index in [1.54, 1.807) is 6.20 Å². The summed E-state index contributed by atoms with van der Waals surface area (Å²) in [5.74, 6) is 0. The summed E-state index contributed by atoms with van der Waals surface area (Å²) >= 11 is 0. The first-order valence-corrected chi connectivity index (χ1v) is 6.09. The van der Waals surface area contributed by atoms with Crippen LogP contribution in [0.1, 0.15) is 24.1 Å². The largest absolute Gasteiger partial charge is 0.392 e. The molecule has 1 saturated heterocycles. The van der Waals surface area contributed by atoms with E-state index in [1.165, 1.54) is 0 Å². The molecular weight excluding hydrogens is 216 g/mol. The van der Waals surface area contributed by atoms with Gasteiger partial charge in [-0.2, -0.15) is 0 Å². The Morgan fingerprint density at radius 1 is 1.47 bits per heavy atom. The number of aliphatic hydroxyl groups excluding tert-OH is 1. The minimum Gasteiger partial charge on any atom is -0.392 e. The van der Waals surface area contributed by atoms with Gasteiger partial charge in [0.1, 0.15) is 0 Å². The molecule has 0 aromatic carbocycles. The average molecular weight is 236 g/mol. The van der Waals surface area contributed by atoms with E-state index >= 15 is 0 Å². The van der Waals surface area contributed by atoms with Gasteiger partial charge in [-0.1, -0.05) is 0 Å². The number of hydrogen-bond acceptors (Lipinski definition) is 4. The Hall–Kier alpha value is -1.13. The molecule has 4 heteroatoms. The SMILES string of the molecule is Cc1cc(N(C)C2CCOCC2)c(CO)cn1. The first-order chi connectivity index (χ1) is 8.22. The quantitative estimate of drug-likeness (QED) is 0.864. The van der Waals surface area contributed by atoms with Crippen LogP contribution >= 0.6 is 0 Å². The molecule has 1 aliphatic rings. The van der Waals surface area contributed by atoms with Gasteiger partial charge in [0, 0.05) is 49.4 Å². The van der Waals surface area contributed by atoms with Crippen molar-refractivity contribution in [1.29, 1.82) is 0 Å².